The van der Waals surface area contributed by atoms with Crippen LogP contribution in [-0.2, 0) is 7.05 Å². The fraction of sp³-hybridized carbons (Fsp3) is 0.278. The Morgan fingerprint density at radius 2 is 2.04 bits per heavy atom. The quantitative estimate of drug-likeness (QED) is 0.719. The van der Waals surface area contributed by atoms with Gasteiger partial charge in [0, 0.05) is 42.8 Å². The molecular weight excluding hydrogens is 324 g/mol. The SMILES string of the molecule is Cn1c([C@H]2CCN(C(=O)c3ccc(Cl)cc3)C2)nc2cccnc21. The molecule has 0 spiro atoms. The number of pyridine rings is 1. The summed E-state index contributed by atoms with van der Waals surface area (Å²) < 4.78 is 2.04. The Morgan fingerprint density at radius 1 is 1.25 bits per heavy atom. The molecule has 0 saturated carbocycles. The van der Waals surface area contributed by atoms with Gasteiger partial charge in [0.1, 0.15) is 11.3 Å². The van der Waals surface area contributed by atoms with E-state index in [-0.39, 0.29) is 11.8 Å². The predicted molar refractivity (Wildman–Crippen MR) is 93.2 cm³/mol. The molecule has 0 N–H and O–H groups in total. The summed E-state index contributed by atoms with van der Waals surface area (Å²) in [6.07, 6.45) is 2.69. The number of likely N-dealkylation sites (tertiary alicyclic amines) is 1. The summed E-state index contributed by atoms with van der Waals surface area (Å²) in [5, 5.41) is 0.637. The molecule has 6 heteroatoms. The van der Waals surface area contributed by atoms with Gasteiger partial charge < -0.3 is 9.47 Å². The van der Waals surface area contributed by atoms with E-state index < -0.39 is 0 Å². The number of aromatic nitrogens is 3. The van der Waals surface area contributed by atoms with Gasteiger partial charge in [0.05, 0.1) is 0 Å². The highest BCUT2D eigenvalue weighted by Crippen LogP contribution is 2.29. The number of benzene rings is 1. The van der Waals surface area contributed by atoms with Crippen molar-refractivity contribution in [2.24, 2.45) is 7.05 Å². The van der Waals surface area contributed by atoms with Crippen LogP contribution in [0.25, 0.3) is 11.2 Å². The van der Waals surface area contributed by atoms with Crippen LogP contribution in [0.15, 0.2) is 42.6 Å². The molecule has 1 aromatic carbocycles. The number of rotatable bonds is 2. The lowest BCUT2D eigenvalue weighted by Gasteiger charge is -2.16. The molecule has 1 aliphatic rings. The summed E-state index contributed by atoms with van der Waals surface area (Å²) in [4.78, 5) is 23.6. The van der Waals surface area contributed by atoms with E-state index in [4.69, 9.17) is 16.6 Å². The average Bonchev–Trinajstić information content (AvgIpc) is 3.20. The zero-order chi connectivity index (χ0) is 16.7. The van der Waals surface area contributed by atoms with E-state index in [0.717, 1.165) is 30.0 Å². The third-order valence-electron chi connectivity index (χ3n) is 4.59. The van der Waals surface area contributed by atoms with Crippen LogP contribution >= 0.6 is 11.6 Å². The second kappa shape index (κ2) is 5.91. The fourth-order valence-electron chi connectivity index (χ4n) is 3.34. The molecule has 3 heterocycles. The zero-order valence-corrected chi connectivity index (χ0v) is 14.1. The van der Waals surface area contributed by atoms with Crippen LogP contribution in [0.5, 0.6) is 0 Å². The molecule has 0 bridgehead atoms. The molecule has 0 radical (unpaired) electrons. The van der Waals surface area contributed by atoms with Crippen molar-refractivity contribution in [3.05, 3.63) is 59.0 Å². The third-order valence-corrected chi connectivity index (χ3v) is 4.85. The fourth-order valence-corrected chi connectivity index (χ4v) is 3.46. The van der Waals surface area contributed by atoms with E-state index in [2.05, 4.69) is 4.98 Å². The van der Waals surface area contributed by atoms with Gasteiger partial charge in [-0.3, -0.25) is 4.79 Å². The lowest BCUT2D eigenvalue weighted by molar-refractivity contribution is 0.0790. The minimum Gasteiger partial charge on any atom is -0.338 e. The van der Waals surface area contributed by atoms with Crippen LogP contribution < -0.4 is 0 Å². The molecule has 122 valence electrons. The van der Waals surface area contributed by atoms with Crippen LogP contribution in [0.1, 0.15) is 28.5 Å². The van der Waals surface area contributed by atoms with Crippen molar-refractivity contribution in [3.63, 3.8) is 0 Å². The summed E-state index contributed by atoms with van der Waals surface area (Å²) in [6, 6.07) is 10.9. The van der Waals surface area contributed by atoms with E-state index in [1.165, 1.54) is 0 Å². The number of fused-ring (bicyclic) bond motifs is 1. The number of hydrogen-bond donors (Lipinski definition) is 0. The van der Waals surface area contributed by atoms with Crippen LogP contribution in [0.2, 0.25) is 5.02 Å². The first-order valence-corrected chi connectivity index (χ1v) is 8.33. The molecule has 0 unspecified atom stereocenters. The minimum absolute atomic E-state index is 0.0473. The third kappa shape index (κ3) is 2.55. The van der Waals surface area contributed by atoms with E-state index in [9.17, 15) is 4.79 Å². The van der Waals surface area contributed by atoms with Gasteiger partial charge in [-0.1, -0.05) is 11.6 Å². The Bertz CT molecular complexity index is 903. The van der Waals surface area contributed by atoms with Crippen LogP contribution in [0.3, 0.4) is 0 Å². The lowest BCUT2D eigenvalue weighted by atomic mass is 10.1. The van der Waals surface area contributed by atoms with Crippen molar-refractivity contribution in [1.82, 2.24) is 19.4 Å². The Morgan fingerprint density at radius 3 is 2.79 bits per heavy atom. The van der Waals surface area contributed by atoms with Crippen molar-refractivity contribution in [1.29, 1.82) is 0 Å². The molecule has 1 fully saturated rings. The molecule has 1 amide bonds. The first kappa shape index (κ1) is 15.1. The molecule has 2 aromatic heterocycles. The van der Waals surface area contributed by atoms with Crippen molar-refractivity contribution >= 4 is 28.7 Å². The Balaban J connectivity index is 1.56. The Labute approximate surface area is 144 Å². The first-order chi connectivity index (χ1) is 11.6. The van der Waals surface area contributed by atoms with Gasteiger partial charge in [0.25, 0.3) is 5.91 Å². The molecule has 24 heavy (non-hydrogen) atoms. The standard InChI is InChI=1S/C18H17ClN4O/c1-22-16(21-15-3-2-9-20-17(15)22)13-8-10-23(11-13)18(24)12-4-6-14(19)7-5-12/h2-7,9,13H,8,10-11H2,1H3/t13-/m0/s1. The number of imidazole rings is 1. The molecule has 4 rings (SSSR count). The number of nitrogens with zero attached hydrogens (tertiary/aromatic N) is 4. The van der Waals surface area contributed by atoms with E-state index in [1.54, 1.807) is 30.5 Å². The van der Waals surface area contributed by atoms with Gasteiger partial charge in [0.15, 0.2) is 5.65 Å². The van der Waals surface area contributed by atoms with Gasteiger partial charge >= 0.3 is 0 Å². The number of aryl methyl sites for hydroxylation is 1. The topological polar surface area (TPSA) is 51.0 Å². The van der Waals surface area contributed by atoms with Crippen molar-refractivity contribution in [2.45, 2.75) is 12.3 Å². The highest BCUT2D eigenvalue weighted by molar-refractivity contribution is 6.30. The molecule has 0 aliphatic carbocycles. The number of halogens is 1. The van der Waals surface area contributed by atoms with Gasteiger partial charge in [-0.05, 0) is 42.8 Å². The lowest BCUT2D eigenvalue weighted by Crippen LogP contribution is -2.28. The van der Waals surface area contributed by atoms with Crippen molar-refractivity contribution in [2.75, 3.05) is 13.1 Å². The number of hydrogen-bond acceptors (Lipinski definition) is 3. The zero-order valence-electron chi connectivity index (χ0n) is 13.3. The highest BCUT2D eigenvalue weighted by Gasteiger charge is 2.31. The molecule has 1 saturated heterocycles. The summed E-state index contributed by atoms with van der Waals surface area (Å²) >= 11 is 5.89. The molecule has 5 nitrogen and oxygen atoms in total. The summed E-state index contributed by atoms with van der Waals surface area (Å²) in [5.41, 5.74) is 2.46. The van der Waals surface area contributed by atoms with Crippen molar-refractivity contribution in [3.8, 4) is 0 Å². The maximum Gasteiger partial charge on any atom is 0.253 e. The number of carbonyl (C=O) groups excluding carboxylic acids is 1. The van der Waals surface area contributed by atoms with Crippen LogP contribution in [0, 0.1) is 0 Å². The second-order valence-corrected chi connectivity index (χ2v) is 6.56. The smallest absolute Gasteiger partial charge is 0.253 e. The maximum atomic E-state index is 12.6. The Hall–Kier alpha value is -2.40. The Kier molecular flexibility index (Phi) is 3.73. The van der Waals surface area contributed by atoms with E-state index >= 15 is 0 Å². The van der Waals surface area contributed by atoms with E-state index in [1.807, 2.05) is 28.6 Å². The molecule has 1 aliphatic heterocycles. The number of carbonyl (C=O) groups is 1. The molecular formula is C18H17ClN4O. The van der Waals surface area contributed by atoms with Gasteiger partial charge in [-0.15, -0.1) is 0 Å². The normalized spacial score (nSPS) is 17.6. The van der Waals surface area contributed by atoms with Crippen LogP contribution in [-0.4, -0.2) is 38.4 Å². The monoisotopic (exact) mass is 340 g/mol. The first-order valence-electron chi connectivity index (χ1n) is 7.95. The summed E-state index contributed by atoms with van der Waals surface area (Å²) in [5.74, 6) is 1.28. The largest absolute Gasteiger partial charge is 0.338 e. The number of amides is 1. The average molecular weight is 341 g/mol. The van der Waals surface area contributed by atoms with E-state index in [0.29, 0.717) is 17.1 Å². The second-order valence-electron chi connectivity index (χ2n) is 6.12. The summed E-state index contributed by atoms with van der Waals surface area (Å²) in [7, 11) is 1.99. The van der Waals surface area contributed by atoms with Gasteiger partial charge in [-0.2, -0.15) is 0 Å². The highest BCUT2D eigenvalue weighted by atomic mass is 35.5. The maximum absolute atomic E-state index is 12.6. The van der Waals surface area contributed by atoms with Gasteiger partial charge in [0.2, 0.25) is 0 Å². The predicted octanol–water partition coefficient (Wildman–Crippen LogP) is 3.25. The molecule has 3 aromatic rings. The van der Waals surface area contributed by atoms with Crippen LogP contribution in [0.4, 0.5) is 0 Å². The van der Waals surface area contributed by atoms with Gasteiger partial charge in [-0.25, -0.2) is 9.97 Å². The summed E-state index contributed by atoms with van der Waals surface area (Å²) in [6.45, 7) is 1.42. The molecule has 1 atom stereocenters. The minimum atomic E-state index is 0.0473. The van der Waals surface area contributed by atoms with Crippen molar-refractivity contribution < 1.29 is 4.79 Å².